The van der Waals surface area contributed by atoms with Crippen molar-refractivity contribution >= 4 is 17.2 Å². The molecule has 0 aromatic carbocycles. The molecule has 0 spiro atoms. The number of fused-ring (bicyclic) bond motifs is 1. The van der Waals surface area contributed by atoms with Crippen LogP contribution < -0.4 is 10.6 Å². The maximum Gasteiger partial charge on any atom is 0.261 e. The van der Waals surface area contributed by atoms with Crippen LogP contribution in [0.5, 0.6) is 0 Å². The minimum Gasteiger partial charge on any atom is -0.351 e. The highest BCUT2D eigenvalue weighted by atomic mass is 32.1. The molecular formula is C14H22N2OS. The molecule has 0 bridgehead atoms. The fraction of sp³-hybridized carbons (Fsp3) is 0.643. The average molecular weight is 266 g/mol. The highest BCUT2D eigenvalue weighted by Gasteiger charge is 2.20. The Balaban J connectivity index is 1.91. The maximum atomic E-state index is 12.0. The first kappa shape index (κ1) is 13.6. The summed E-state index contributed by atoms with van der Waals surface area (Å²) in [5.41, 5.74) is 1.40. The second-order valence-corrected chi connectivity index (χ2v) is 6.26. The second kappa shape index (κ2) is 6.34. The van der Waals surface area contributed by atoms with Crippen molar-refractivity contribution in [3.8, 4) is 0 Å². The van der Waals surface area contributed by atoms with Crippen LogP contribution in [0.2, 0.25) is 0 Å². The van der Waals surface area contributed by atoms with E-state index >= 15 is 0 Å². The van der Waals surface area contributed by atoms with Crippen molar-refractivity contribution in [1.82, 2.24) is 10.6 Å². The fourth-order valence-corrected chi connectivity index (χ4v) is 3.50. The van der Waals surface area contributed by atoms with Crippen LogP contribution >= 0.6 is 11.3 Å². The molecule has 4 heteroatoms. The van der Waals surface area contributed by atoms with Crippen LogP contribution in [-0.4, -0.2) is 26.0 Å². The normalized spacial score (nSPS) is 18.4. The van der Waals surface area contributed by atoms with Crippen LogP contribution in [0.4, 0.5) is 0 Å². The summed E-state index contributed by atoms with van der Waals surface area (Å²) in [4.78, 5) is 14.3. The first-order valence-corrected chi connectivity index (χ1v) is 7.56. The van der Waals surface area contributed by atoms with E-state index in [0.29, 0.717) is 0 Å². The van der Waals surface area contributed by atoms with Crippen LogP contribution in [0, 0.1) is 5.92 Å². The van der Waals surface area contributed by atoms with Gasteiger partial charge in [0.25, 0.3) is 5.91 Å². The number of carbonyl (C=O) groups excluding carboxylic acids is 1. The molecule has 1 aromatic rings. The molecule has 18 heavy (non-hydrogen) atoms. The van der Waals surface area contributed by atoms with Crippen molar-refractivity contribution in [3.05, 3.63) is 21.4 Å². The molecule has 1 aliphatic carbocycles. The smallest absolute Gasteiger partial charge is 0.261 e. The number of rotatable bonds is 5. The first-order valence-electron chi connectivity index (χ1n) is 6.75. The van der Waals surface area contributed by atoms with Gasteiger partial charge < -0.3 is 10.6 Å². The van der Waals surface area contributed by atoms with Gasteiger partial charge in [-0.15, -0.1) is 11.3 Å². The molecule has 0 fully saturated rings. The second-order valence-electron chi connectivity index (χ2n) is 5.12. The van der Waals surface area contributed by atoms with Gasteiger partial charge in [0.15, 0.2) is 0 Å². The zero-order valence-electron chi connectivity index (χ0n) is 11.2. The molecule has 2 N–H and O–H groups in total. The molecule has 2 rings (SSSR count). The van der Waals surface area contributed by atoms with E-state index in [1.807, 2.05) is 7.05 Å². The van der Waals surface area contributed by atoms with Crippen molar-refractivity contribution in [2.75, 3.05) is 20.1 Å². The lowest BCUT2D eigenvalue weighted by Crippen LogP contribution is -2.25. The number of aryl methyl sites for hydroxylation is 1. The van der Waals surface area contributed by atoms with Gasteiger partial charge in [-0.1, -0.05) is 6.92 Å². The van der Waals surface area contributed by atoms with Crippen molar-refractivity contribution in [3.63, 3.8) is 0 Å². The van der Waals surface area contributed by atoms with Gasteiger partial charge in [0, 0.05) is 11.4 Å². The van der Waals surface area contributed by atoms with Gasteiger partial charge in [-0.2, -0.15) is 0 Å². The van der Waals surface area contributed by atoms with Crippen LogP contribution in [0.1, 0.15) is 39.9 Å². The lowest BCUT2D eigenvalue weighted by atomic mass is 9.90. The molecule has 1 unspecified atom stereocenters. The predicted molar refractivity (Wildman–Crippen MR) is 76.4 cm³/mol. The topological polar surface area (TPSA) is 41.1 Å². The van der Waals surface area contributed by atoms with Gasteiger partial charge >= 0.3 is 0 Å². The molecule has 1 aromatic heterocycles. The largest absolute Gasteiger partial charge is 0.351 e. The average Bonchev–Trinajstić information content (AvgIpc) is 2.77. The molecule has 1 amide bonds. The van der Waals surface area contributed by atoms with E-state index < -0.39 is 0 Å². The zero-order valence-corrected chi connectivity index (χ0v) is 12.0. The number of amides is 1. The van der Waals surface area contributed by atoms with E-state index in [2.05, 4.69) is 23.6 Å². The van der Waals surface area contributed by atoms with Crippen molar-refractivity contribution in [1.29, 1.82) is 0 Å². The first-order chi connectivity index (χ1) is 8.70. The lowest BCUT2D eigenvalue weighted by molar-refractivity contribution is 0.0957. The Morgan fingerprint density at radius 2 is 2.33 bits per heavy atom. The summed E-state index contributed by atoms with van der Waals surface area (Å²) >= 11 is 1.68. The lowest BCUT2D eigenvalue weighted by Gasteiger charge is -2.16. The quantitative estimate of drug-likeness (QED) is 0.802. The Hall–Kier alpha value is -0.870. The summed E-state index contributed by atoms with van der Waals surface area (Å²) in [5.74, 6) is 0.858. The predicted octanol–water partition coefficient (Wildman–Crippen LogP) is 2.21. The van der Waals surface area contributed by atoms with Crippen LogP contribution in [0.3, 0.4) is 0 Å². The minimum atomic E-state index is 0.0955. The Morgan fingerprint density at radius 3 is 3.11 bits per heavy atom. The Morgan fingerprint density at radius 1 is 1.50 bits per heavy atom. The van der Waals surface area contributed by atoms with Crippen molar-refractivity contribution < 1.29 is 4.79 Å². The van der Waals surface area contributed by atoms with E-state index in [-0.39, 0.29) is 5.91 Å². The Bertz CT molecular complexity index is 414. The van der Waals surface area contributed by atoms with E-state index in [0.717, 1.165) is 43.1 Å². The third-order valence-electron chi connectivity index (χ3n) is 3.44. The van der Waals surface area contributed by atoms with Gasteiger partial charge in [-0.3, -0.25) is 4.79 Å². The monoisotopic (exact) mass is 266 g/mol. The number of hydrogen-bond donors (Lipinski definition) is 2. The summed E-state index contributed by atoms with van der Waals surface area (Å²) < 4.78 is 0. The van der Waals surface area contributed by atoms with E-state index in [4.69, 9.17) is 0 Å². The maximum absolute atomic E-state index is 12.0. The van der Waals surface area contributed by atoms with E-state index in [9.17, 15) is 4.79 Å². The summed E-state index contributed by atoms with van der Waals surface area (Å²) in [6.45, 7) is 3.98. The third kappa shape index (κ3) is 3.33. The molecule has 100 valence electrons. The third-order valence-corrected chi connectivity index (χ3v) is 4.68. The summed E-state index contributed by atoms with van der Waals surface area (Å²) in [7, 11) is 1.93. The standard InChI is InChI=1S/C14H22N2OS/c1-10-4-5-12-11(8-10)9-13(18-12)14(17)16-7-3-6-15-2/h9-10,15H,3-8H2,1-2H3,(H,16,17). The zero-order chi connectivity index (χ0) is 13.0. The van der Waals surface area contributed by atoms with Gasteiger partial charge in [0.2, 0.25) is 0 Å². The summed E-state index contributed by atoms with van der Waals surface area (Å²) in [6.07, 6.45) is 4.52. The highest BCUT2D eigenvalue weighted by Crippen LogP contribution is 2.32. The molecule has 3 nitrogen and oxygen atoms in total. The summed E-state index contributed by atoms with van der Waals surface area (Å²) in [5, 5.41) is 6.06. The number of carbonyl (C=O) groups is 1. The van der Waals surface area contributed by atoms with Crippen LogP contribution in [0.15, 0.2) is 6.07 Å². The van der Waals surface area contributed by atoms with Crippen molar-refractivity contribution in [2.45, 2.75) is 32.6 Å². The number of thiophene rings is 1. The molecule has 0 saturated carbocycles. The Labute approximate surface area is 113 Å². The summed E-state index contributed by atoms with van der Waals surface area (Å²) in [6, 6.07) is 2.10. The Kier molecular flexibility index (Phi) is 4.78. The van der Waals surface area contributed by atoms with Crippen LogP contribution in [0.25, 0.3) is 0 Å². The van der Waals surface area contributed by atoms with Crippen LogP contribution in [-0.2, 0) is 12.8 Å². The number of hydrogen-bond acceptors (Lipinski definition) is 3. The van der Waals surface area contributed by atoms with Gasteiger partial charge in [0.05, 0.1) is 4.88 Å². The molecule has 0 saturated heterocycles. The molecule has 1 atom stereocenters. The van der Waals surface area contributed by atoms with Gasteiger partial charge in [-0.25, -0.2) is 0 Å². The molecule has 0 radical (unpaired) electrons. The fourth-order valence-electron chi connectivity index (χ4n) is 2.37. The molecule has 1 heterocycles. The minimum absolute atomic E-state index is 0.0955. The van der Waals surface area contributed by atoms with Gasteiger partial charge in [0.1, 0.15) is 0 Å². The molecule has 0 aliphatic heterocycles. The number of nitrogens with one attached hydrogen (secondary N) is 2. The molecular weight excluding hydrogens is 244 g/mol. The van der Waals surface area contributed by atoms with Crippen molar-refractivity contribution in [2.24, 2.45) is 5.92 Å². The highest BCUT2D eigenvalue weighted by molar-refractivity contribution is 7.14. The molecule has 1 aliphatic rings. The van der Waals surface area contributed by atoms with E-state index in [1.165, 1.54) is 16.9 Å². The van der Waals surface area contributed by atoms with Gasteiger partial charge in [-0.05, 0) is 56.8 Å². The van der Waals surface area contributed by atoms with E-state index in [1.54, 1.807) is 11.3 Å². The SMILES string of the molecule is CNCCCNC(=O)c1cc2c(s1)CCC(C)C2.